The standard InChI is InChI=1S/C18H18FN3O3/c1-25-14-11-12(7-8-13(14)19)17-18(20-9-4-6-16(23)24)22-10-3-2-5-15(22)21-17/h2-3,5,7-8,10-11,20H,4,6,9H2,1H3,(H,23,24). The molecule has 0 spiro atoms. The lowest BCUT2D eigenvalue weighted by atomic mass is 10.1. The number of imidazole rings is 1. The summed E-state index contributed by atoms with van der Waals surface area (Å²) >= 11 is 0. The van der Waals surface area contributed by atoms with Crippen LogP contribution < -0.4 is 10.1 Å². The first-order valence-corrected chi connectivity index (χ1v) is 7.87. The van der Waals surface area contributed by atoms with Crippen LogP contribution in [-0.2, 0) is 4.79 Å². The molecule has 25 heavy (non-hydrogen) atoms. The van der Waals surface area contributed by atoms with Crippen LogP contribution in [-0.4, -0.2) is 34.1 Å². The fraction of sp³-hybridized carbons (Fsp3) is 0.222. The van der Waals surface area contributed by atoms with Crippen LogP contribution in [0.4, 0.5) is 10.2 Å². The van der Waals surface area contributed by atoms with Crippen molar-refractivity contribution >= 4 is 17.4 Å². The Bertz CT molecular complexity index is 908. The quantitative estimate of drug-likeness (QED) is 0.643. The highest BCUT2D eigenvalue weighted by Gasteiger charge is 2.15. The second-order valence-electron chi connectivity index (χ2n) is 5.51. The first-order valence-electron chi connectivity index (χ1n) is 7.87. The average molecular weight is 343 g/mol. The molecule has 2 N–H and O–H groups in total. The summed E-state index contributed by atoms with van der Waals surface area (Å²) in [5.41, 5.74) is 2.10. The van der Waals surface area contributed by atoms with Crippen molar-refractivity contribution in [2.75, 3.05) is 19.0 Å². The highest BCUT2D eigenvalue weighted by atomic mass is 19.1. The monoisotopic (exact) mass is 343 g/mol. The number of carboxylic acids is 1. The maximum Gasteiger partial charge on any atom is 0.303 e. The number of carboxylic acid groups (broad SMARTS) is 1. The first-order chi connectivity index (χ1) is 12.1. The molecular formula is C18H18FN3O3. The van der Waals surface area contributed by atoms with E-state index in [0.29, 0.717) is 24.2 Å². The van der Waals surface area contributed by atoms with E-state index >= 15 is 0 Å². The van der Waals surface area contributed by atoms with Crippen LogP contribution >= 0.6 is 0 Å². The molecule has 2 aromatic heterocycles. The van der Waals surface area contributed by atoms with Gasteiger partial charge in [-0.25, -0.2) is 9.37 Å². The molecule has 0 aliphatic carbocycles. The molecule has 0 unspecified atom stereocenters. The average Bonchev–Trinajstić information content (AvgIpc) is 2.97. The molecule has 0 bridgehead atoms. The van der Waals surface area contributed by atoms with Crippen LogP contribution in [0.25, 0.3) is 16.9 Å². The summed E-state index contributed by atoms with van der Waals surface area (Å²) in [6, 6.07) is 10.2. The van der Waals surface area contributed by atoms with Crippen LogP contribution in [0.2, 0.25) is 0 Å². The number of methoxy groups -OCH3 is 1. The molecule has 0 atom stereocenters. The number of aromatic nitrogens is 2. The molecule has 0 saturated heterocycles. The number of aliphatic carboxylic acids is 1. The van der Waals surface area contributed by atoms with Gasteiger partial charge in [0, 0.05) is 24.7 Å². The van der Waals surface area contributed by atoms with Crippen molar-refractivity contribution in [3.05, 3.63) is 48.4 Å². The Balaban J connectivity index is 1.99. The van der Waals surface area contributed by atoms with E-state index in [4.69, 9.17) is 9.84 Å². The molecule has 0 radical (unpaired) electrons. The minimum atomic E-state index is -0.830. The summed E-state index contributed by atoms with van der Waals surface area (Å²) in [4.78, 5) is 15.3. The van der Waals surface area contributed by atoms with Gasteiger partial charge < -0.3 is 15.2 Å². The summed E-state index contributed by atoms with van der Waals surface area (Å²) in [7, 11) is 1.41. The van der Waals surface area contributed by atoms with Crippen molar-refractivity contribution in [1.29, 1.82) is 0 Å². The fourth-order valence-electron chi connectivity index (χ4n) is 2.62. The van der Waals surface area contributed by atoms with E-state index in [9.17, 15) is 9.18 Å². The number of carbonyl (C=O) groups is 1. The number of hydrogen-bond donors (Lipinski definition) is 2. The van der Waals surface area contributed by atoms with Gasteiger partial charge in [-0.05, 0) is 36.8 Å². The number of anilines is 1. The minimum absolute atomic E-state index is 0.0867. The van der Waals surface area contributed by atoms with Crippen molar-refractivity contribution in [1.82, 2.24) is 9.38 Å². The van der Waals surface area contributed by atoms with Gasteiger partial charge in [0.15, 0.2) is 11.6 Å². The van der Waals surface area contributed by atoms with E-state index in [1.165, 1.54) is 13.2 Å². The third-order valence-corrected chi connectivity index (χ3v) is 3.81. The molecule has 0 amide bonds. The van der Waals surface area contributed by atoms with Gasteiger partial charge in [0.2, 0.25) is 0 Å². The van der Waals surface area contributed by atoms with Crippen LogP contribution in [0.15, 0.2) is 42.6 Å². The summed E-state index contributed by atoms with van der Waals surface area (Å²) in [6.45, 7) is 0.486. The Morgan fingerprint density at radius 2 is 2.20 bits per heavy atom. The van der Waals surface area contributed by atoms with Gasteiger partial charge in [-0.1, -0.05) is 6.07 Å². The fourth-order valence-corrected chi connectivity index (χ4v) is 2.62. The molecule has 0 aliphatic rings. The number of nitrogens with one attached hydrogen (secondary N) is 1. The molecule has 7 heteroatoms. The zero-order chi connectivity index (χ0) is 17.8. The number of hydrogen-bond acceptors (Lipinski definition) is 4. The van der Waals surface area contributed by atoms with E-state index < -0.39 is 11.8 Å². The third kappa shape index (κ3) is 3.55. The highest BCUT2D eigenvalue weighted by molar-refractivity contribution is 5.77. The van der Waals surface area contributed by atoms with E-state index in [1.807, 2.05) is 28.8 Å². The second-order valence-corrected chi connectivity index (χ2v) is 5.51. The smallest absolute Gasteiger partial charge is 0.303 e. The van der Waals surface area contributed by atoms with Gasteiger partial charge in [0.25, 0.3) is 0 Å². The van der Waals surface area contributed by atoms with Crippen LogP contribution in [0.3, 0.4) is 0 Å². The molecule has 3 aromatic rings. The highest BCUT2D eigenvalue weighted by Crippen LogP contribution is 2.32. The Kier molecular flexibility index (Phi) is 4.83. The molecule has 0 fully saturated rings. The van der Waals surface area contributed by atoms with E-state index in [-0.39, 0.29) is 12.2 Å². The van der Waals surface area contributed by atoms with Crippen molar-refractivity contribution in [3.8, 4) is 17.0 Å². The molecule has 3 rings (SSSR count). The summed E-state index contributed by atoms with van der Waals surface area (Å²) in [5, 5.41) is 12.0. The number of halogens is 1. The van der Waals surface area contributed by atoms with Gasteiger partial charge in [-0.3, -0.25) is 9.20 Å². The van der Waals surface area contributed by atoms with Gasteiger partial charge in [0.1, 0.15) is 17.2 Å². The predicted octanol–water partition coefficient (Wildman–Crippen LogP) is 3.43. The molecule has 0 saturated carbocycles. The van der Waals surface area contributed by atoms with Gasteiger partial charge >= 0.3 is 5.97 Å². The second kappa shape index (κ2) is 7.21. The van der Waals surface area contributed by atoms with Crippen LogP contribution in [0.5, 0.6) is 5.75 Å². The Labute approximate surface area is 143 Å². The number of nitrogens with zero attached hydrogens (tertiary/aromatic N) is 2. The topological polar surface area (TPSA) is 75.9 Å². The molecule has 0 aliphatic heterocycles. The van der Waals surface area contributed by atoms with E-state index in [1.54, 1.807) is 12.1 Å². The number of fused-ring (bicyclic) bond motifs is 1. The minimum Gasteiger partial charge on any atom is -0.494 e. The van der Waals surface area contributed by atoms with Crippen molar-refractivity contribution < 1.29 is 19.0 Å². The van der Waals surface area contributed by atoms with E-state index in [0.717, 1.165) is 11.5 Å². The maximum atomic E-state index is 13.7. The van der Waals surface area contributed by atoms with Crippen LogP contribution in [0.1, 0.15) is 12.8 Å². The van der Waals surface area contributed by atoms with Crippen molar-refractivity contribution in [3.63, 3.8) is 0 Å². The Hall–Kier alpha value is -3.09. The molecule has 2 heterocycles. The zero-order valence-electron chi connectivity index (χ0n) is 13.7. The summed E-state index contributed by atoms with van der Waals surface area (Å²) < 4.78 is 20.6. The zero-order valence-corrected chi connectivity index (χ0v) is 13.7. The summed E-state index contributed by atoms with van der Waals surface area (Å²) in [5.74, 6) is -0.393. The number of rotatable bonds is 7. The van der Waals surface area contributed by atoms with Gasteiger partial charge in [-0.2, -0.15) is 0 Å². The lowest BCUT2D eigenvalue weighted by Gasteiger charge is -2.09. The van der Waals surface area contributed by atoms with Crippen molar-refractivity contribution in [2.24, 2.45) is 0 Å². The molecule has 130 valence electrons. The molecule has 1 aromatic carbocycles. The predicted molar refractivity (Wildman–Crippen MR) is 92.5 cm³/mol. The van der Waals surface area contributed by atoms with Crippen LogP contribution in [0, 0.1) is 5.82 Å². The maximum absolute atomic E-state index is 13.7. The number of pyridine rings is 1. The lowest BCUT2D eigenvalue weighted by molar-refractivity contribution is -0.137. The number of benzene rings is 1. The third-order valence-electron chi connectivity index (χ3n) is 3.81. The molecular weight excluding hydrogens is 325 g/mol. The first kappa shape index (κ1) is 16.8. The largest absolute Gasteiger partial charge is 0.494 e. The Morgan fingerprint density at radius 1 is 1.36 bits per heavy atom. The van der Waals surface area contributed by atoms with Gasteiger partial charge in [0.05, 0.1) is 7.11 Å². The SMILES string of the molecule is COc1cc(-c2nc3ccccn3c2NCCCC(=O)O)ccc1F. The normalized spacial score (nSPS) is 10.8. The lowest BCUT2D eigenvalue weighted by Crippen LogP contribution is -2.07. The Morgan fingerprint density at radius 3 is 2.96 bits per heavy atom. The van der Waals surface area contributed by atoms with Gasteiger partial charge in [-0.15, -0.1) is 0 Å². The molecule has 6 nitrogen and oxygen atoms in total. The number of ether oxygens (including phenoxy) is 1. The van der Waals surface area contributed by atoms with E-state index in [2.05, 4.69) is 10.3 Å². The van der Waals surface area contributed by atoms with Crippen molar-refractivity contribution in [2.45, 2.75) is 12.8 Å². The summed E-state index contributed by atoms with van der Waals surface area (Å²) in [6.07, 6.45) is 2.44.